The summed E-state index contributed by atoms with van der Waals surface area (Å²) < 4.78 is 0. The lowest BCUT2D eigenvalue weighted by Gasteiger charge is -2.17. The third kappa shape index (κ3) is 1.95. The molecule has 0 amide bonds. The standard InChI is InChI=1S/C9H18N2/c1-7(2)9-4-5-11(6-9)8(3)10/h7,9-10H,4-6H2,1-3H3/t9-/m0/s1. The monoisotopic (exact) mass is 154 g/mol. The summed E-state index contributed by atoms with van der Waals surface area (Å²) in [5.41, 5.74) is 0. The van der Waals surface area contributed by atoms with Gasteiger partial charge in [0.25, 0.3) is 0 Å². The maximum absolute atomic E-state index is 7.45. The van der Waals surface area contributed by atoms with E-state index in [0.717, 1.165) is 30.8 Å². The first-order chi connectivity index (χ1) is 5.11. The summed E-state index contributed by atoms with van der Waals surface area (Å²) in [7, 11) is 0. The van der Waals surface area contributed by atoms with Crippen molar-refractivity contribution in [3.63, 3.8) is 0 Å². The Morgan fingerprint density at radius 1 is 1.55 bits per heavy atom. The average molecular weight is 154 g/mol. The van der Waals surface area contributed by atoms with Crippen molar-refractivity contribution in [2.45, 2.75) is 27.2 Å². The van der Waals surface area contributed by atoms with Crippen molar-refractivity contribution in [3.05, 3.63) is 0 Å². The fourth-order valence-electron chi connectivity index (χ4n) is 1.64. The lowest BCUT2D eigenvalue weighted by molar-refractivity contribution is 0.387. The van der Waals surface area contributed by atoms with Crippen LogP contribution in [0.3, 0.4) is 0 Å². The highest BCUT2D eigenvalue weighted by Gasteiger charge is 2.24. The molecular formula is C9H18N2. The van der Waals surface area contributed by atoms with E-state index < -0.39 is 0 Å². The Kier molecular flexibility index (Phi) is 2.53. The molecule has 1 heterocycles. The normalized spacial score (nSPS) is 24.7. The zero-order valence-corrected chi connectivity index (χ0v) is 7.72. The first-order valence-corrected chi connectivity index (χ1v) is 4.41. The maximum Gasteiger partial charge on any atom is 0.0925 e. The van der Waals surface area contributed by atoms with Gasteiger partial charge in [0.1, 0.15) is 0 Å². The van der Waals surface area contributed by atoms with Crippen LogP contribution < -0.4 is 0 Å². The molecule has 0 spiro atoms. The third-order valence-electron chi connectivity index (χ3n) is 2.64. The Balaban J connectivity index is 2.41. The topological polar surface area (TPSA) is 27.1 Å². The zero-order chi connectivity index (χ0) is 8.43. The molecule has 1 aliphatic rings. The molecule has 0 aromatic carbocycles. The quantitative estimate of drug-likeness (QED) is 0.453. The molecule has 2 heteroatoms. The number of nitrogens with zero attached hydrogens (tertiary/aromatic N) is 1. The van der Waals surface area contributed by atoms with Crippen molar-refractivity contribution < 1.29 is 0 Å². The smallest absolute Gasteiger partial charge is 0.0925 e. The summed E-state index contributed by atoms with van der Waals surface area (Å²) in [4.78, 5) is 2.17. The highest BCUT2D eigenvalue weighted by Crippen LogP contribution is 2.23. The van der Waals surface area contributed by atoms with Gasteiger partial charge >= 0.3 is 0 Å². The molecule has 0 radical (unpaired) electrons. The second kappa shape index (κ2) is 3.24. The fraction of sp³-hybridized carbons (Fsp3) is 0.889. The molecule has 1 saturated heterocycles. The number of likely N-dealkylation sites (tertiary alicyclic amines) is 1. The van der Waals surface area contributed by atoms with Crippen LogP contribution in [0.15, 0.2) is 0 Å². The van der Waals surface area contributed by atoms with Crippen molar-refractivity contribution in [2.75, 3.05) is 13.1 Å². The molecule has 1 aliphatic heterocycles. The number of rotatable bonds is 1. The lowest BCUT2D eigenvalue weighted by atomic mass is 9.95. The molecule has 64 valence electrons. The van der Waals surface area contributed by atoms with Crippen LogP contribution >= 0.6 is 0 Å². The summed E-state index contributed by atoms with van der Waals surface area (Å²) in [5, 5.41) is 7.45. The van der Waals surface area contributed by atoms with Crippen molar-refractivity contribution in [1.29, 1.82) is 5.41 Å². The molecule has 2 nitrogen and oxygen atoms in total. The van der Waals surface area contributed by atoms with Gasteiger partial charge in [-0.3, -0.25) is 5.41 Å². The predicted molar refractivity (Wildman–Crippen MR) is 47.9 cm³/mol. The third-order valence-corrected chi connectivity index (χ3v) is 2.64. The highest BCUT2D eigenvalue weighted by atomic mass is 15.2. The van der Waals surface area contributed by atoms with Gasteiger partial charge in [-0.05, 0) is 25.2 Å². The molecule has 0 unspecified atom stereocenters. The summed E-state index contributed by atoms with van der Waals surface area (Å²) in [6.45, 7) is 8.62. The van der Waals surface area contributed by atoms with Gasteiger partial charge in [-0.1, -0.05) is 13.8 Å². The minimum absolute atomic E-state index is 0.730. The van der Waals surface area contributed by atoms with Gasteiger partial charge in [0.05, 0.1) is 5.84 Å². The van der Waals surface area contributed by atoms with Gasteiger partial charge in [0.15, 0.2) is 0 Å². The number of amidine groups is 1. The van der Waals surface area contributed by atoms with E-state index in [-0.39, 0.29) is 0 Å². The molecule has 1 fully saturated rings. The Hall–Kier alpha value is -0.530. The van der Waals surface area contributed by atoms with Crippen molar-refractivity contribution in [1.82, 2.24) is 4.90 Å². The minimum atomic E-state index is 0.730. The molecule has 0 aliphatic carbocycles. The van der Waals surface area contributed by atoms with E-state index in [1.165, 1.54) is 6.42 Å². The van der Waals surface area contributed by atoms with Gasteiger partial charge in [-0.2, -0.15) is 0 Å². The average Bonchev–Trinajstić information content (AvgIpc) is 2.33. The van der Waals surface area contributed by atoms with E-state index in [2.05, 4.69) is 18.7 Å². The molecule has 1 N–H and O–H groups in total. The molecule has 1 rings (SSSR count). The molecule has 11 heavy (non-hydrogen) atoms. The fourth-order valence-corrected chi connectivity index (χ4v) is 1.64. The van der Waals surface area contributed by atoms with E-state index in [9.17, 15) is 0 Å². The maximum atomic E-state index is 7.45. The lowest BCUT2D eigenvalue weighted by Crippen LogP contribution is -2.26. The Labute approximate surface area is 69.1 Å². The minimum Gasteiger partial charge on any atom is -0.360 e. The van der Waals surface area contributed by atoms with E-state index in [0.29, 0.717) is 0 Å². The molecule has 0 aromatic heterocycles. The van der Waals surface area contributed by atoms with E-state index >= 15 is 0 Å². The van der Waals surface area contributed by atoms with Gasteiger partial charge in [-0.15, -0.1) is 0 Å². The summed E-state index contributed by atoms with van der Waals surface area (Å²) in [6, 6.07) is 0. The van der Waals surface area contributed by atoms with Gasteiger partial charge in [0, 0.05) is 13.1 Å². The summed E-state index contributed by atoms with van der Waals surface area (Å²) in [5.74, 6) is 2.32. The molecule has 0 bridgehead atoms. The van der Waals surface area contributed by atoms with Crippen LogP contribution in [0.4, 0.5) is 0 Å². The van der Waals surface area contributed by atoms with Crippen LogP contribution in [-0.4, -0.2) is 23.8 Å². The van der Waals surface area contributed by atoms with E-state index in [1.54, 1.807) is 0 Å². The molecule has 0 saturated carbocycles. The number of hydrogen-bond donors (Lipinski definition) is 1. The highest BCUT2D eigenvalue weighted by molar-refractivity contribution is 5.76. The zero-order valence-electron chi connectivity index (χ0n) is 7.72. The van der Waals surface area contributed by atoms with Gasteiger partial charge < -0.3 is 4.90 Å². The number of nitrogens with one attached hydrogen (secondary N) is 1. The largest absolute Gasteiger partial charge is 0.360 e. The van der Waals surface area contributed by atoms with Crippen molar-refractivity contribution in [2.24, 2.45) is 11.8 Å². The molecule has 1 atom stereocenters. The Morgan fingerprint density at radius 2 is 2.18 bits per heavy atom. The summed E-state index contributed by atoms with van der Waals surface area (Å²) in [6.07, 6.45) is 1.27. The molecule has 0 aromatic rings. The van der Waals surface area contributed by atoms with Crippen molar-refractivity contribution in [3.8, 4) is 0 Å². The number of hydrogen-bond acceptors (Lipinski definition) is 1. The van der Waals surface area contributed by atoms with Crippen LogP contribution in [0.5, 0.6) is 0 Å². The molecular weight excluding hydrogens is 136 g/mol. The predicted octanol–water partition coefficient (Wildman–Crippen LogP) is 1.96. The van der Waals surface area contributed by atoms with Crippen LogP contribution in [0.1, 0.15) is 27.2 Å². The van der Waals surface area contributed by atoms with Gasteiger partial charge in [-0.25, -0.2) is 0 Å². The SMILES string of the molecule is CC(=N)N1CC[C@H](C(C)C)C1. The van der Waals surface area contributed by atoms with Crippen LogP contribution in [-0.2, 0) is 0 Å². The van der Waals surface area contributed by atoms with Crippen molar-refractivity contribution >= 4 is 5.84 Å². The van der Waals surface area contributed by atoms with Crippen LogP contribution in [0.2, 0.25) is 0 Å². The summed E-state index contributed by atoms with van der Waals surface area (Å²) >= 11 is 0. The van der Waals surface area contributed by atoms with Crippen LogP contribution in [0, 0.1) is 17.2 Å². The second-order valence-electron chi connectivity index (χ2n) is 3.82. The van der Waals surface area contributed by atoms with Gasteiger partial charge in [0.2, 0.25) is 0 Å². The second-order valence-corrected chi connectivity index (χ2v) is 3.82. The Morgan fingerprint density at radius 3 is 2.45 bits per heavy atom. The van der Waals surface area contributed by atoms with E-state index in [1.807, 2.05) is 6.92 Å². The van der Waals surface area contributed by atoms with E-state index in [4.69, 9.17) is 5.41 Å². The first kappa shape index (κ1) is 8.57. The Bertz CT molecular complexity index is 152. The van der Waals surface area contributed by atoms with Crippen LogP contribution in [0.25, 0.3) is 0 Å². The first-order valence-electron chi connectivity index (χ1n) is 4.41.